The van der Waals surface area contributed by atoms with Crippen LogP contribution in [0.3, 0.4) is 0 Å². The predicted octanol–water partition coefficient (Wildman–Crippen LogP) is 5.25. The average molecular weight is 484 g/mol. The lowest BCUT2D eigenvalue weighted by Gasteiger charge is -2.47. The van der Waals surface area contributed by atoms with E-state index in [4.69, 9.17) is 0 Å². The van der Waals surface area contributed by atoms with Gasteiger partial charge in [-0.25, -0.2) is 10.0 Å². The number of hydrazine groups is 1. The van der Waals surface area contributed by atoms with E-state index in [1.807, 2.05) is 86.7 Å². The normalized spacial score (nSPS) is 19.7. The van der Waals surface area contributed by atoms with Gasteiger partial charge in [0, 0.05) is 13.1 Å². The third-order valence-electron chi connectivity index (χ3n) is 6.83. The number of aliphatic hydroxyl groups excluding tert-OH is 1. The summed E-state index contributed by atoms with van der Waals surface area (Å²) in [6.07, 6.45) is 4.70. The second-order valence-corrected chi connectivity index (χ2v) is 9.46. The smallest absolute Gasteiger partial charge is 0.239 e. The van der Waals surface area contributed by atoms with E-state index in [9.17, 15) is 9.90 Å². The van der Waals surface area contributed by atoms with Gasteiger partial charge in [0.1, 0.15) is 6.04 Å². The Balaban J connectivity index is 1.67. The summed E-state index contributed by atoms with van der Waals surface area (Å²) in [4.78, 5) is 13.8. The molecule has 188 valence electrons. The van der Waals surface area contributed by atoms with Crippen LogP contribution in [0.4, 0.5) is 0 Å². The Morgan fingerprint density at radius 3 is 2.00 bits per heavy atom. The molecule has 3 aromatic carbocycles. The highest BCUT2D eigenvalue weighted by Crippen LogP contribution is 2.27. The molecule has 0 bridgehead atoms. The van der Waals surface area contributed by atoms with Crippen molar-refractivity contribution in [1.82, 2.24) is 15.3 Å². The SMILES string of the molecule is CC[C@H](O)[C@@H]1C=CC[C@H](C(=O)N[C@H](C)c2ccccc2)N1N(Cc1ccccc1)Cc1ccccc1. The highest BCUT2D eigenvalue weighted by molar-refractivity contribution is 5.82. The number of hydrogen-bond acceptors (Lipinski definition) is 4. The van der Waals surface area contributed by atoms with Crippen LogP contribution < -0.4 is 5.32 Å². The number of carbonyl (C=O) groups is 1. The molecule has 4 rings (SSSR count). The van der Waals surface area contributed by atoms with Gasteiger partial charge in [0.25, 0.3) is 0 Å². The summed E-state index contributed by atoms with van der Waals surface area (Å²) in [6.45, 7) is 5.26. The lowest BCUT2D eigenvalue weighted by Crippen LogP contribution is -2.61. The van der Waals surface area contributed by atoms with E-state index in [1.54, 1.807) is 0 Å². The van der Waals surface area contributed by atoms with E-state index in [1.165, 1.54) is 0 Å². The topological polar surface area (TPSA) is 55.8 Å². The molecule has 0 radical (unpaired) electrons. The number of aliphatic hydroxyl groups is 1. The van der Waals surface area contributed by atoms with E-state index >= 15 is 0 Å². The molecule has 5 nitrogen and oxygen atoms in total. The van der Waals surface area contributed by atoms with Gasteiger partial charge in [0.2, 0.25) is 5.91 Å². The molecule has 0 saturated carbocycles. The van der Waals surface area contributed by atoms with Crippen LogP contribution in [0.2, 0.25) is 0 Å². The van der Waals surface area contributed by atoms with Gasteiger partial charge < -0.3 is 10.4 Å². The molecule has 0 aromatic heterocycles. The molecular weight excluding hydrogens is 446 g/mol. The number of hydrogen-bond donors (Lipinski definition) is 2. The molecule has 0 aliphatic carbocycles. The first-order valence-corrected chi connectivity index (χ1v) is 12.9. The summed E-state index contributed by atoms with van der Waals surface area (Å²) in [5, 5.41) is 18.6. The van der Waals surface area contributed by atoms with E-state index in [-0.39, 0.29) is 18.0 Å². The lowest BCUT2D eigenvalue weighted by molar-refractivity contribution is -0.154. The van der Waals surface area contributed by atoms with Crippen molar-refractivity contribution in [3.05, 3.63) is 120 Å². The molecule has 1 amide bonds. The Kier molecular flexibility index (Phi) is 9.06. The van der Waals surface area contributed by atoms with Gasteiger partial charge in [0.15, 0.2) is 0 Å². The first kappa shape index (κ1) is 25.8. The zero-order valence-corrected chi connectivity index (χ0v) is 21.2. The van der Waals surface area contributed by atoms with Crippen molar-refractivity contribution in [2.45, 2.75) is 64.0 Å². The van der Waals surface area contributed by atoms with Crippen molar-refractivity contribution in [2.24, 2.45) is 0 Å². The van der Waals surface area contributed by atoms with Crippen molar-refractivity contribution in [2.75, 3.05) is 0 Å². The molecule has 5 heteroatoms. The summed E-state index contributed by atoms with van der Waals surface area (Å²) in [5.41, 5.74) is 3.38. The number of rotatable bonds is 10. The molecular formula is C31H37N3O2. The minimum absolute atomic E-state index is 0.0323. The molecule has 0 saturated heterocycles. The third kappa shape index (κ3) is 6.49. The number of nitrogens with zero attached hydrogens (tertiary/aromatic N) is 2. The van der Waals surface area contributed by atoms with Crippen molar-refractivity contribution in [3.63, 3.8) is 0 Å². The van der Waals surface area contributed by atoms with E-state index in [0.29, 0.717) is 25.9 Å². The summed E-state index contributed by atoms with van der Waals surface area (Å²) >= 11 is 0. The number of benzene rings is 3. The van der Waals surface area contributed by atoms with Gasteiger partial charge in [-0.3, -0.25) is 4.79 Å². The maximum atomic E-state index is 13.8. The average Bonchev–Trinajstić information content (AvgIpc) is 2.93. The Bertz CT molecular complexity index is 1060. The maximum absolute atomic E-state index is 13.8. The standard InChI is InChI=1S/C31H37N3O2/c1-3-30(35)28-20-13-21-29(31(36)32-24(2)27-18-11-6-12-19-27)34(28)33(22-25-14-7-4-8-15-25)23-26-16-9-5-10-17-26/h4-20,24,28-30,35H,3,21-23H2,1-2H3,(H,32,36)/t24-,28+,29-,30+/m1/s1. The van der Waals surface area contributed by atoms with E-state index in [0.717, 1.165) is 16.7 Å². The third-order valence-corrected chi connectivity index (χ3v) is 6.83. The molecule has 0 spiro atoms. The zero-order valence-electron chi connectivity index (χ0n) is 21.2. The van der Waals surface area contributed by atoms with Gasteiger partial charge in [0.05, 0.1) is 18.2 Å². The van der Waals surface area contributed by atoms with Gasteiger partial charge in [-0.2, -0.15) is 0 Å². The fraction of sp³-hybridized carbons (Fsp3) is 0.323. The van der Waals surface area contributed by atoms with Crippen LogP contribution in [0.25, 0.3) is 0 Å². The van der Waals surface area contributed by atoms with Crippen molar-refractivity contribution in [1.29, 1.82) is 0 Å². The zero-order chi connectivity index (χ0) is 25.3. The summed E-state index contributed by atoms with van der Waals surface area (Å²) in [6, 6.07) is 29.8. The molecule has 2 N–H and O–H groups in total. The molecule has 1 aliphatic rings. The fourth-order valence-corrected chi connectivity index (χ4v) is 4.85. The van der Waals surface area contributed by atoms with E-state index in [2.05, 4.69) is 45.7 Å². The summed E-state index contributed by atoms with van der Waals surface area (Å²) in [7, 11) is 0. The number of carbonyl (C=O) groups excluding carboxylic acids is 1. The predicted molar refractivity (Wildman–Crippen MR) is 145 cm³/mol. The maximum Gasteiger partial charge on any atom is 0.239 e. The molecule has 36 heavy (non-hydrogen) atoms. The van der Waals surface area contributed by atoms with Crippen LogP contribution in [0.5, 0.6) is 0 Å². The molecule has 0 fully saturated rings. The molecule has 1 aliphatic heterocycles. The van der Waals surface area contributed by atoms with Gasteiger partial charge >= 0.3 is 0 Å². The molecule has 1 heterocycles. The summed E-state index contributed by atoms with van der Waals surface area (Å²) in [5.74, 6) is -0.0323. The fourth-order valence-electron chi connectivity index (χ4n) is 4.85. The lowest BCUT2D eigenvalue weighted by atomic mass is 9.97. The van der Waals surface area contributed by atoms with Crippen molar-refractivity contribution < 1.29 is 9.90 Å². The van der Waals surface area contributed by atoms with Crippen LogP contribution in [0, 0.1) is 0 Å². The number of amides is 1. The minimum Gasteiger partial charge on any atom is -0.391 e. The van der Waals surface area contributed by atoms with E-state index < -0.39 is 12.1 Å². The Labute approximate surface area is 215 Å². The van der Waals surface area contributed by atoms with Crippen molar-refractivity contribution >= 4 is 5.91 Å². The van der Waals surface area contributed by atoms with Crippen LogP contribution in [-0.2, 0) is 17.9 Å². The second kappa shape index (κ2) is 12.6. The van der Waals surface area contributed by atoms with Crippen molar-refractivity contribution in [3.8, 4) is 0 Å². The van der Waals surface area contributed by atoms with Crippen LogP contribution in [-0.4, -0.2) is 39.2 Å². The largest absolute Gasteiger partial charge is 0.391 e. The van der Waals surface area contributed by atoms with Gasteiger partial charge in [-0.15, -0.1) is 0 Å². The highest BCUT2D eigenvalue weighted by Gasteiger charge is 2.39. The van der Waals surface area contributed by atoms with Crippen LogP contribution in [0.15, 0.2) is 103 Å². The van der Waals surface area contributed by atoms with Gasteiger partial charge in [-0.05, 0) is 36.5 Å². The molecule has 3 aromatic rings. The van der Waals surface area contributed by atoms with Crippen LogP contribution in [0.1, 0.15) is 49.4 Å². The Hall–Kier alpha value is -3.25. The second-order valence-electron chi connectivity index (χ2n) is 9.46. The van der Waals surface area contributed by atoms with Crippen LogP contribution >= 0.6 is 0 Å². The first-order valence-electron chi connectivity index (χ1n) is 12.9. The Morgan fingerprint density at radius 1 is 0.944 bits per heavy atom. The summed E-state index contributed by atoms with van der Waals surface area (Å²) < 4.78 is 0. The highest BCUT2D eigenvalue weighted by atomic mass is 16.3. The van der Waals surface area contributed by atoms with Gasteiger partial charge in [-0.1, -0.05) is 110 Å². The quantitative estimate of drug-likeness (QED) is 0.387. The Morgan fingerprint density at radius 2 is 1.47 bits per heavy atom. The molecule has 4 atom stereocenters. The minimum atomic E-state index is -0.586. The first-order chi connectivity index (χ1) is 17.6. The molecule has 0 unspecified atom stereocenters. The monoisotopic (exact) mass is 483 g/mol. The number of nitrogens with one attached hydrogen (secondary N) is 1.